The highest BCUT2D eigenvalue weighted by Crippen LogP contribution is 2.33. The molecule has 0 saturated carbocycles. The van der Waals surface area contributed by atoms with Crippen LogP contribution in [-0.2, 0) is 4.74 Å². The molecule has 1 fully saturated rings. The highest BCUT2D eigenvalue weighted by atomic mass is 32.1. The number of halogens is 1. The number of ether oxygens (including phenoxy) is 2. The van der Waals surface area contributed by atoms with E-state index in [4.69, 9.17) is 9.47 Å². The highest BCUT2D eigenvalue weighted by molar-refractivity contribution is 7.14. The second-order valence-corrected chi connectivity index (χ2v) is 5.30. The summed E-state index contributed by atoms with van der Waals surface area (Å²) in [5.41, 5.74) is 1.62. The average molecular weight is 294 g/mol. The van der Waals surface area contributed by atoms with Gasteiger partial charge in [0.1, 0.15) is 11.6 Å². The maximum atomic E-state index is 13.2. The fourth-order valence-corrected chi connectivity index (χ4v) is 3.04. The van der Waals surface area contributed by atoms with Crippen LogP contribution in [0.15, 0.2) is 23.6 Å². The van der Waals surface area contributed by atoms with E-state index in [9.17, 15) is 4.39 Å². The van der Waals surface area contributed by atoms with Crippen LogP contribution in [0.25, 0.3) is 11.3 Å². The fraction of sp³-hybridized carbons (Fsp3) is 0.357. The Labute approximate surface area is 120 Å². The zero-order valence-electron chi connectivity index (χ0n) is 11.1. The lowest BCUT2D eigenvalue weighted by Gasteiger charge is -2.26. The minimum atomic E-state index is -0.311. The third kappa shape index (κ3) is 2.62. The summed E-state index contributed by atoms with van der Waals surface area (Å²) in [5, 5.41) is 2.94. The van der Waals surface area contributed by atoms with Crippen molar-refractivity contribution in [1.82, 2.24) is 4.98 Å². The van der Waals surface area contributed by atoms with E-state index in [1.807, 2.05) is 5.38 Å². The van der Waals surface area contributed by atoms with Gasteiger partial charge in [-0.2, -0.15) is 0 Å². The molecule has 106 valence electrons. The largest absolute Gasteiger partial charge is 0.496 e. The van der Waals surface area contributed by atoms with Gasteiger partial charge in [0, 0.05) is 30.1 Å². The normalized spacial score (nSPS) is 15.4. The Morgan fingerprint density at radius 3 is 2.90 bits per heavy atom. The van der Waals surface area contributed by atoms with Gasteiger partial charge >= 0.3 is 0 Å². The summed E-state index contributed by atoms with van der Waals surface area (Å²) < 4.78 is 23.8. The standard InChI is InChI=1S/C14H15FN2O2S/c1-18-13-8-10(15)2-3-11(13)12-9-20-14(16-12)17-4-6-19-7-5-17/h2-3,8-9H,4-7H2,1H3. The molecule has 0 N–H and O–H groups in total. The number of benzene rings is 1. The summed E-state index contributed by atoms with van der Waals surface area (Å²) in [4.78, 5) is 6.83. The first-order chi connectivity index (χ1) is 9.78. The van der Waals surface area contributed by atoms with Crippen molar-refractivity contribution in [3.63, 3.8) is 0 Å². The second-order valence-electron chi connectivity index (χ2n) is 4.46. The zero-order valence-corrected chi connectivity index (χ0v) is 12.0. The van der Waals surface area contributed by atoms with E-state index in [0.717, 1.165) is 42.7 Å². The van der Waals surface area contributed by atoms with Crippen LogP contribution in [-0.4, -0.2) is 38.4 Å². The molecular weight excluding hydrogens is 279 g/mol. The Morgan fingerprint density at radius 2 is 2.15 bits per heavy atom. The summed E-state index contributed by atoms with van der Waals surface area (Å²) in [6.07, 6.45) is 0. The molecule has 0 aliphatic carbocycles. The maximum Gasteiger partial charge on any atom is 0.186 e. The smallest absolute Gasteiger partial charge is 0.186 e. The molecule has 4 nitrogen and oxygen atoms in total. The van der Waals surface area contributed by atoms with Crippen LogP contribution in [0.4, 0.5) is 9.52 Å². The summed E-state index contributed by atoms with van der Waals surface area (Å²) in [6, 6.07) is 4.50. The van der Waals surface area contributed by atoms with Gasteiger partial charge < -0.3 is 14.4 Å². The Morgan fingerprint density at radius 1 is 1.35 bits per heavy atom. The quantitative estimate of drug-likeness (QED) is 0.872. The summed E-state index contributed by atoms with van der Waals surface area (Å²) in [5.74, 6) is 0.193. The zero-order chi connectivity index (χ0) is 13.9. The van der Waals surface area contributed by atoms with Crippen LogP contribution in [0.3, 0.4) is 0 Å². The predicted octanol–water partition coefficient (Wildman–Crippen LogP) is 2.79. The molecule has 1 aliphatic heterocycles. The predicted molar refractivity (Wildman–Crippen MR) is 77.1 cm³/mol. The molecular formula is C14H15FN2O2S. The minimum absolute atomic E-state index is 0.311. The average Bonchev–Trinajstić information content (AvgIpc) is 2.97. The molecule has 0 spiro atoms. The molecule has 1 aromatic carbocycles. The number of thiazole rings is 1. The van der Waals surface area contributed by atoms with Crippen LogP contribution in [0.2, 0.25) is 0 Å². The molecule has 1 saturated heterocycles. The molecule has 0 amide bonds. The topological polar surface area (TPSA) is 34.6 Å². The Kier molecular flexibility index (Phi) is 3.84. The van der Waals surface area contributed by atoms with Crippen LogP contribution in [0.1, 0.15) is 0 Å². The minimum Gasteiger partial charge on any atom is -0.496 e. The van der Waals surface area contributed by atoms with Crippen molar-refractivity contribution in [3.8, 4) is 17.0 Å². The summed E-state index contributed by atoms with van der Waals surface area (Å²) >= 11 is 1.58. The molecule has 0 unspecified atom stereocenters. The number of methoxy groups -OCH3 is 1. The monoisotopic (exact) mass is 294 g/mol. The van der Waals surface area contributed by atoms with Gasteiger partial charge in [-0.1, -0.05) is 0 Å². The van der Waals surface area contributed by atoms with Crippen molar-refractivity contribution < 1.29 is 13.9 Å². The van der Waals surface area contributed by atoms with Gasteiger partial charge in [-0.3, -0.25) is 0 Å². The molecule has 1 aromatic heterocycles. The number of anilines is 1. The number of hydrogen-bond acceptors (Lipinski definition) is 5. The Hall–Kier alpha value is -1.66. The van der Waals surface area contributed by atoms with Crippen molar-refractivity contribution in [2.45, 2.75) is 0 Å². The first kappa shape index (κ1) is 13.3. The molecule has 0 atom stereocenters. The molecule has 0 radical (unpaired) electrons. The van der Waals surface area contributed by atoms with Gasteiger partial charge in [0.25, 0.3) is 0 Å². The molecule has 2 aromatic rings. The lowest BCUT2D eigenvalue weighted by atomic mass is 10.1. The summed E-state index contributed by atoms with van der Waals surface area (Å²) in [6.45, 7) is 3.17. The molecule has 1 aliphatic rings. The maximum absolute atomic E-state index is 13.2. The van der Waals surface area contributed by atoms with E-state index in [2.05, 4.69) is 9.88 Å². The number of hydrogen-bond donors (Lipinski definition) is 0. The molecule has 3 rings (SSSR count). The van der Waals surface area contributed by atoms with E-state index in [0.29, 0.717) is 5.75 Å². The lowest BCUT2D eigenvalue weighted by molar-refractivity contribution is 0.122. The first-order valence-electron chi connectivity index (χ1n) is 6.40. The van der Waals surface area contributed by atoms with E-state index in [1.54, 1.807) is 17.4 Å². The molecule has 6 heteroatoms. The molecule has 20 heavy (non-hydrogen) atoms. The first-order valence-corrected chi connectivity index (χ1v) is 7.28. The fourth-order valence-electron chi connectivity index (χ4n) is 2.16. The van der Waals surface area contributed by atoms with Gasteiger partial charge in [0.05, 0.1) is 26.0 Å². The number of morpholine rings is 1. The lowest BCUT2D eigenvalue weighted by Crippen LogP contribution is -2.36. The van der Waals surface area contributed by atoms with Gasteiger partial charge in [-0.15, -0.1) is 11.3 Å². The van der Waals surface area contributed by atoms with Crippen molar-refractivity contribution in [2.24, 2.45) is 0 Å². The van der Waals surface area contributed by atoms with Crippen LogP contribution >= 0.6 is 11.3 Å². The van der Waals surface area contributed by atoms with Crippen molar-refractivity contribution in [2.75, 3.05) is 38.3 Å². The highest BCUT2D eigenvalue weighted by Gasteiger charge is 2.16. The number of nitrogens with zero attached hydrogens (tertiary/aromatic N) is 2. The summed E-state index contributed by atoms with van der Waals surface area (Å²) in [7, 11) is 1.54. The third-order valence-electron chi connectivity index (χ3n) is 3.21. The molecule has 0 bridgehead atoms. The Bertz CT molecular complexity index is 597. The number of rotatable bonds is 3. The van der Waals surface area contributed by atoms with Crippen LogP contribution < -0.4 is 9.64 Å². The van der Waals surface area contributed by atoms with Crippen LogP contribution in [0, 0.1) is 5.82 Å². The van der Waals surface area contributed by atoms with Crippen molar-refractivity contribution in [3.05, 3.63) is 29.4 Å². The Balaban J connectivity index is 1.89. The van der Waals surface area contributed by atoms with Gasteiger partial charge in [-0.05, 0) is 12.1 Å². The van der Waals surface area contributed by atoms with Gasteiger partial charge in [0.15, 0.2) is 5.13 Å². The molecule has 2 heterocycles. The van der Waals surface area contributed by atoms with Crippen LogP contribution in [0.5, 0.6) is 5.75 Å². The van der Waals surface area contributed by atoms with Gasteiger partial charge in [0.2, 0.25) is 0 Å². The SMILES string of the molecule is COc1cc(F)ccc1-c1csc(N2CCOCC2)n1. The van der Waals surface area contributed by atoms with Crippen molar-refractivity contribution >= 4 is 16.5 Å². The second kappa shape index (κ2) is 5.76. The van der Waals surface area contributed by atoms with E-state index in [-0.39, 0.29) is 5.82 Å². The number of aromatic nitrogens is 1. The van der Waals surface area contributed by atoms with E-state index >= 15 is 0 Å². The van der Waals surface area contributed by atoms with E-state index < -0.39 is 0 Å². The third-order valence-corrected chi connectivity index (χ3v) is 4.11. The van der Waals surface area contributed by atoms with Crippen molar-refractivity contribution in [1.29, 1.82) is 0 Å². The van der Waals surface area contributed by atoms with E-state index in [1.165, 1.54) is 19.2 Å². The van der Waals surface area contributed by atoms with Gasteiger partial charge in [-0.25, -0.2) is 9.37 Å².